The first-order valence-corrected chi connectivity index (χ1v) is 11.9. The van der Waals surface area contributed by atoms with Crippen molar-refractivity contribution in [1.82, 2.24) is 24.1 Å². The fraction of sp³-hybridized carbons (Fsp3) is 0.333. The molecule has 0 bridgehead atoms. The van der Waals surface area contributed by atoms with Crippen molar-refractivity contribution in [2.75, 3.05) is 18.0 Å². The SMILES string of the molecule is Cc1csc2nc(CSc3nnc(N4CCCCC4)n3-c3ccccc3)cc(=O)n12. The number of hydrogen-bond donors (Lipinski definition) is 0. The highest BCUT2D eigenvalue weighted by Gasteiger charge is 2.21. The molecule has 1 aliphatic heterocycles. The molecule has 0 aliphatic carbocycles. The van der Waals surface area contributed by atoms with Crippen molar-refractivity contribution in [2.45, 2.75) is 37.1 Å². The average molecular weight is 439 g/mol. The van der Waals surface area contributed by atoms with Crippen LogP contribution < -0.4 is 10.5 Å². The van der Waals surface area contributed by atoms with Crippen molar-refractivity contribution < 1.29 is 0 Å². The van der Waals surface area contributed by atoms with Gasteiger partial charge in [-0.25, -0.2) is 4.98 Å². The number of rotatable bonds is 5. The standard InChI is InChI=1S/C21H22N6OS2/c1-15-13-29-20-22-16(12-18(28)26(15)20)14-30-21-24-23-19(25-10-6-3-7-11-25)27(21)17-8-4-2-5-9-17/h2,4-5,8-9,12-13H,3,6-7,10-11,14H2,1H3. The lowest BCUT2D eigenvalue weighted by molar-refractivity contribution is 0.564. The minimum Gasteiger partial charge on any atom is -0.341 e. The second-order valence-corrected chi connectivity index (χ2v) is 9.15. The van der Waals surface area contributed by atoms with Crippen LogP contribution in [0.3, 0.4) is 0 Å². The van der Waals surface area contributed by atoms with Crippen LogP contribution in [0.1, 0.15) is 30.7 Å². The van der Waals surface area contributed by atoms with E-state index in [1.807, 2.05) is 30.5 Å². The molecule has 0 spiro atoms. The maximum absolute atomic E-state index is 12.5. The zero-order chi connectivity index (χ0) is 20.5. The third-order valence-corrected chi connectivity index (χ3v) is 7.15. The molecular formula is C21H22N6OS2. The van der Waals surface area contributed by atoms with E-state index < -0.39 is 0 Å². The van der Waals surface area contributed by atoms with Gasteiger partial charge in [-0.1, -0.05) is 30.0 Å². The van der Waals surface area contributed by atoms with E-state index in [4.69, 9.17) is 0 Å². The van der Waals surface area contributed by atoms with Gasteiger partial charge in [-0.3, -0.25) is 13.8 Å². The molecule has 0 saturated carbocycles. The fourth-order valence-corrected chi connectivity index (χ4v) is 5.50. The Bertz CT molecular complexity index is 1220. The third-order valence-electron chi connectivity index (χ3n) is 5.25. The first-order chi connectivity index (χ1) is 14.7. The Kier molecular flexibility index (Phi) is 5.30. The molecular weight excluding hydrogens is 416 g/mol. The first kappa shape index (κ1) is 19.3. The van der Waals surface area contributed by atoms with Crippen LogP contribution in [0.15, 0.2) is 51.7 Å². The van der Waals surface area contributed by atoms with Crippen LogP contribution in [0, 0.1) is 6.92 Å². The van der Waals surface area contributed by atoms with E-state index in [0.717, 1.165) is 46.2 Å². The summed E-state index contributed by atoms with van der Waals surface area (Å²) in [5.74, 6) is 1.45. The normalized spacial score (nSPS) is 14.5. The second kappa shape index (κ2) is 8.23. The Morgan fingerprint density at radius 1 is 1.10 bits per heavy atom. The molecule has 30 heavy (non-hydrogen) atoms. The first-order valence-electron chi connectivity index (χ1n) is 10.1. The summed E-state index contributed by atoms with van der Waals surface area (Å²) < 4.78 is 3.77. The summed E-state index contributed by atoms with van der Waals surface area (Å²) in [5, 5.41) is 11.8. The Hall–Kier alpha value is -2.65. The number of anilines is 1. The molecule has 4 aromatic rings. The highest BCUT2D eigenvalue weighted by atomic mass is 32.2. The number of nitrogens with zero attached hydrogens (tertiary/aromatic N) is 6. The van der Waals surface area contributed by atoms with Gasteiger partial charge in [0.25, 0.3) is 5.56 Å². The predicted octanol–water partition coefficient (Wildman–Crippen LogP) is 3.93. The molecule has 3 aromatic heterocycles. The lowest BCUT2D eigenvalue weighted by Gasteiger charge is -2.27. The van der Waals surface area contributed by atoms with Gasteiger partial charge in [0.1, 0.15) is 0 Å². The van der Waals surface area contributed by atoms with Crippen LogP contribution >= 0.6 is 23.1 Å². The summed E-state index contributed by atoms with van der Waals surface area (Å²) in [5.41, 5.74) is 2.69. The molecule has 7 nitrogen and oxygen atoms in total. The molecule has 9 heteroatoms. The average Bonchev–Trinajstić information content (AvgIpc) is 3.37. The minimum absolute atomic E-state index is 0.0344. The molecule has 4 heterocycles. The zero-order valence-electron chi connectivity index (χ0n) is 16.7. The maximum Gasteiger partial charge on any atom is 0.258 e. The molecule has 0 amide bonds. The molecule has 1 aromatic carbocycles. The molecule has 1 saturated heterocycles. The van der Waals surface area contributed by atoms with Gasteiger partial charge in [0.2, 0.25) is 5.95 Å². The van der Waals surface area contributed by atoms with Crippen molar-refractivity contribution in [3.8, 4) is 5.69 Å². The number of piperidine rings is 1. The maximum atomic E-state index is 12.5. The predicted molar refractivity (Wildman–Crippen MR) is 121 cm³/mol. The highest BCUT2D eigenvalue weighted by molar-refractivity contribution is 7.98. The van der Waals surface area contributed by atoms with E-state index in [2.05, 4.69) is 36.8 Å². The topological polar surface area (TPSA) is 68.3 Å². The molecule has 0 atom stereocenters. The van der Waals surface area contributed by atoms with Gasteiger partial charge in [-0.2, -0.15) is 0 Å². The lowest BCUT2D eigenvalue weighted by atomic mass is 10.1. The van der Waals surface area contributed by atoms with Crippen LogP contribution in [-0.4, -0.2) is 37.2 Å². The van der Waals surface area contributed by atoms with Crippen LogP contribution in [0.4, 0.5) is 5.95 Å². The number of benzene rings is 1. The number of thioether (sulfide) groups is 1. The molecule has 1 aliphatic rings. The van der Waals surface area contributed by atoms with Gasteiger partial charge in [-0.15, -0.1) is 21.5 Å². The van der Waals surface area contributed by atoms with Gasteiger partial charge >= 0.3 is 0 Å². The number of aromatic nitrogens is 5. The van der Waals surface area contributed by atoms with Crippen molar-refractivity contribution in [3.05, 3.63) is 63.5 Å². The van der Waals surface area contributed by atoms with E-state index in [0.29, 0.717) is 5.75 Å². The summed E-state index contributed by atoms with van der Waals surface area (Å²) in [6.07, 6.45) is 3.62. The summed E-state index contributed by atoms with van der Waals surface area (Å²) >= 11 is 3.05. The van der Waals surface area contributed by atoms with E-state index in [9.17, 15) is 4.79 Å². The minimum atomic E-state index is -0.0344. The van der Waals surface area contributed by atoms with Crippen molar-refractivity contribution in [1.29, 1.82) is 0 Å². The Morgan fingerprint density at radius 3 is 2.70 bits per heavy atom. The van der Waals surface area contributed by atoms with Crippen LogP contribution in [0.2, 0.25) is 0 Å². The van der Waals surface area contributed by atoms with Gasteiger partial charge in [0, 0.05) is 36.0 Å². The molecule has 0 unspecified atom stereocenters. The smallest absolute Gasteiger partial charge is 0.258 e. The van der Waals surface area contributed by atoms with E-state index in [-0.39, 0.29) is 5.56 Å². The van der Waals surface area contributed by atoms with Crippen LogP contribution in [0.5, 0.6) is 0 Å². The van der Waals surface area contributed by atoms with Gasteiger partial charge < -0.3 is 4.90 Å². The van der Waals surface area contributed by atoms with E-state index in [1.54, 1.807) is 22.2 Å². The van der Waals surface area contributed by atoms with Crippen molar-refractivity contribution in [2.24, 2.45) is 0 Å². The van der Waals surface area contributed by atoms with E-state index >= 15 is 0 Å². The fourth-order valence-electron chi connectivity index (χ4n) is 3.77. The number of thiazole rings is 1. The molecule has 1 fully saturated rings. The van der Waals surface area contributed by atoms with Crippen LogP contribution in [-0.2, 0) is 5.75 Å². The third kappa shape index (κ3) is 3.63. The number of fused-ring (bicyclic) bond motifs is 1. The Balaban J connectivity index is 1.47. The summed E-state index contributed by atoms with van der Waals surface area (Å²) in [6.45, 7) is 3.93. The van der Waals surface area contributed by atoms with E-state index in [1.165, 1.54) is 30.6 Å². The van der Waals surface area contributed by atoms with Crippen LogP contribution in [0.25, 0.3) is 10.6 Å². The highest BCUT2D eigenvalue weighted by Crippen LogP contribution is 2.29. The molecule has 0 N–H and O–H groups in total. The van der Waals surface area contributed by atoms with Gasteiger partial charge in [0.15, 0.2) is 10.1 Å². The van der Waals surface area contributed by atoms with Gasteiger partial charge in [0.05, 0.1) is 11.4 Å². The summed E-state index contributed by atoms with van der Waals surface area (Å²) in [4.78, 5) is 20.2. The monoisotopic (exact) mass is 438 g/mol. The molecule has 5 rings (SSSR count). The van der Waals surface area contributed by atoms with Gasteiger partial charge in [-0.05, 0) is 38.3 Å². The lowest BCUT2D eigenvalue weighted by Crippen LogP contribution is -2.31. The Morgan fingerprint density at radius 2 is 1.90 bits per heavy atom. The number of hydrogen-bond acceptors (Lipinski definition) is 7. The second-order valence-electron chi connectivity index (χ2n) is 7.37. The van der Waals surface area contributed by atoms with Crippen molar-refractivity contribution >= 4 is 34.0 Å². The summed E-state index contributed by atoms with van der Waals surface area (Å²) in [6, 6.07) is 11.8. The molecule has 0 radical (unpaired) electrons. The largest absolute Gasteiger partial charge is 0.341 e. The quantitative estimate of drug-likeness (QED) is 0.440. The molecule has 154 valence electrons. The number of aryl methyl sites for hydroxylation is 1. The Labute approximate surface area is 182 Å². The zero-order valence-corrected chi connectivity index (χ0v) is 18.3. The van der Waals surface area contributed by atoms with Crippen molar-refractivity contribution in [3.63, 3.8) is 0 Å². The summed E-state index contributed by atoms with van der Waals surface area (Å²) in [7, 11) is 0. The number of para-hydroxylation sites is 1.